The first-order valence-corrected chi connectivity index (χ1v) is 7.44. The predicted octanol–water partition coefficient (Wildman–Crippen LogP) is 2.87. The molecule has 0 radical (unpaired) electrons. The van der Waals surface area contributed by atoms with E-state index in [-0.39, 0.29) is 5.56 Å². The molecule has 0 fully saturated rings. The van der Waals surface area contributed by atoms with E-state index in [9.17, 15) is 18.4 Å². The Morgan fingerprint density at radius 1 is 1.08 bits per heavy atom. The molecule has 1 N–H and O–H groups in total. The average molecular weight is 333 g/mol. The third-order valence-electron chi connectivity index (χ3n) is 3.31. The van der Waals surface area contributed by atoms with E-state index in [1.54, 1.807) is 0 Å². The number of ether oxygens (including phenoxy) is 1. The van der Waals surface area contributed by atoms with Crippen LogP contribution < -0.4 is 5.32 Å². The van der Waals surface area contributed by atoms with E-state index in [1.807, 2.05) is 30.3 Å². The molecule has 2 rings (SSSR count). The van der Waals surface area contributed by atoms with Crippen molar-refractivity contribution >= 4 is 11.9 Å². The third kappa shape index (κ3) is 5.15. The molecule has 24 heavy (non-hydrogen) atoms. The Morgan fingerprint density at radius 3 is 2.33 bits per heavy atom. The summed E-state index contributed by atoms with van der Waals surface area (Å²) in [5.74, 6) is -3.21. The van der Waals surface area contributed by atoms with Crippen LogP contribution in [0.3, 0.4) is 0 Å². The molecular formula is C18H17F2NO3. The first-order valence-electron chi connectivity index (χ1n) is 7.44. The van der Waals surface area contributed by atoms with Crippen LogP contribution in [0, 0.1) is 11.6 Å². The molecule has 2 aromatic carbocycles. The highest BCUT2D eigenvalue weighted by Gasteiger charge is 2.19. The third-order valence-corrected chi connectivity index (χ3v) is 3.31. The molecule has 0 bridgehead atoms. The molecule has 6 heteroatoms. The second-order valence-electron chi connectivity index (χ2n) is 5.23. The highest BCUT2D eigenvalue weighted by atomic mass is 19.1. The monoisotopic (exact) mass is 333 g/mol. The van der Waals surface area contributed by atoms with Gasteiger partial charge < -0.3 is 10.1 Å². The molecule has 1 atom stereocenters. The van der Waals surface area contributed by atoms with Gasteiger partial charge in [-0.05, 0) is 31.0 Å². The summed E-state index contributed by atoms with van der Waals surface area (Å²) in [6, 6.07) is 11.9. The fourth-order valence-electron chi connectivity index (χ4n) is 2.07. The van der Waals surface area contributed by atoms with Crippen LogP contribution in [-0.4, -0.2) is 24.5 Å². The topological polar surface area (TPSA) is 55.4 Å². The van der Waals surface area contributed by atoms with Crippen LogP contribution in [0.1, 0.15) is 22.8 Å². The summed E-state index contributed by atoms with van der Waals surface area (Å²) in [6.45, 7) is 1.78. The van der Waals surface area contributed by atoms with Crippen LogP contribution in [0.5, 0.6) is 0 Å². The van der Waals surface area contributed by atoms with Crippen LogP contribution >= 0.6 is 0 Å². The van der Waals surface area contributed by atoms with E-state index in [4.69, 9.17) is 4.74 Å². The van der Waals surface area contributed by atoms with Crippen LogP contribution in [0.25, 0.3) is 0 Å². The SMILES string of the molecule is C[C@@H](OC(=O)c1cc(F)cc(F)c1)C(=O)NCCc1ccccc1. The van der Waals surface area contributed by atoms with E-state index >= 15 is 0 Å². The number of carbonyl (C=O) groups is 2. The minimum atomic E-state index is -1.07. The minimum absolute atomic E-state index is 0.281. The molecule has 0 unspecified atom stereocenters. The van der Waals surface area contributed by atoms with Gasteiger partial charge in [-0.1, -0.05) is 30.3 Å². The predicted molar refractivity (Wildman–Crippen MR) is 84.4 cm³/mol. The second-order valence-corrected chi connectivity index (χ2v) is 5.23. The van der Waals surface area contributed by atoms with Crippen LogP contribution in [0.4, 0.5) is 8.78 Å². The molecule has 0 saturated carbocycles. The first kappa shape index (κ1) is 17.6. The highest BCUT2D eigenvalue weighted by molar-refractivity contribution is 5.92. The Kier molecular flexibility index (Phi) is 6.01. The fourth-order valence-corrected chi connectivity index (χ4v) is 2.07. The van der Waals surface area contributed by atoms with Gasteiger partial charge in [-0.2, -0.15) is 0 Å². The average Bonchev–Trinajstić information content (AvgIpc) is 2.54. The Hall–Kier alpha value is -2.76. The lowest BCUT2D eigenvalue weighted by Crippen LogP contribution is -2.36. The molecule has 0 spiro atoms. The zero-order chi connectivity index (χ0) is 17.5. The summed E-state index contributed by atoms with van der Waals surface area (Å²) in [6.07, 6.45) is -0.429. The van der Waals surface area contributed by atoms with Gasteiger partial charge in [0.2, 0.25) is 0 Å². The molecule has 0 saturated heterocycles. The van der Waals surface area contributed by atoms with Crippen molar-refractivity contribution in [3.63, 3.8) is 0 Å². The van der Waals surface area contributed by atoms with Crippen molar-refractivity contribution < 1.29 is 23.1 Å². The van der Waals surface area contributed by atoms with Crippen molar-refractivity contribution in [2.45, 2.75) is 19.4 Å². The van der Waals surface area contributed by atoms with Crippen molar-refractivity contribution in [1.82, 2.24) is 5.32 Å². The number of halogens is 2. The van der Waals surface area contributed by atoms with Gasteiger partial charge in [0.1, 0.15) is 11.6 Å². The van der Waals surface area contributed by atoms with Gasteiger partial charge in [0.25, 0.3) is 5.91 Å². The van der Waals surface area contributed by atoms with Gasteiger partial charge in [0.15, 0.2) is 6.10 Å². The summed E-state index contributed by atoms with van der Waals surface area (Å²) in [5, 5.41) is 2.65. The van der Waals surface area contributed by atoms with E-state index in [2.05, 4.69) is 5.32 Å². The quantitative estimate of drug-likeness (QED) is 0.827. The number of nitrogens with one attached hydrogen (secondary N) is 1. The molecule has 0 aliphatic heterocycles. The maximum Gasteiger partial charge on any atom is 0.339 e. The molecule has 0 aromatic heterocycles. The molecule has 126 valence electrons. The van der Waals surface area contributed by atoms with Crippen molar-refractivity contribution in [2.75, 3.05) is 6.54 Å². The number of amides is 1. The number of benzene rings is 2. The number of hydrogen-bond donors (Lipinski definition) is 1. The summed E-state index contributed by atoms with van der Waals surface area (Å²) in [4.78, 5) is 23.7. The summed E-state index contributed by atoms with van der Waals surface area (Å²) >= 11 is 0. The normalized spacial score (nSPS) is 11.6. The lowest BCUT2D eigenvalue weighted by Gasteiger charge is -2.13. The van der Waals surface area contributed by atoms with E-state index in [0.717, 1.165) is 17.7 Å². The maximum atomic E-state index is 13.1. The number of rotatable bonds is 6. The van der Waals surface area contributed by atoms with Crippen molar-refractivity contribution in [3.05, 3.63) is 71.3 Å². The largest absolute Gasteiger partial charge is 0.449 e. The van der Waals surface area contributed by atoms with E-state index < -0.39 is 29.6 Å². The zero-order valence-electron chi connectivity index (χ0n) is 13.1. The van der Waals surface area contributed by atoms with E-state index in [0.29, 0.717) is 19.0 Å². The molecule has 2 aromatic rings. The summed E-state index contributed by atoms with van der Waals surface area (Å²) in [5.41, 5.74) is 0.786. The Labute approximate surface area is 138 Å². The Balaban J connectivity index is 1.83. The van der Waals surface area contributed by atoms with Crippen molar-refractivity contribution in [2.24, 2.45) is 0 Å². The molecule has 0 aliphatic rings. The Morgan fingerprint density at radius 2 is 1.71 bits per heavy atom. The van der Waals surface area contributed by atoms with Gasteiger partial charge in [0, 0.05) is 12.6 Å². The first-order chi connectivity index (χ1) is 11.5. The van der Waals surface area contributed by atoms with Crippen LogP contribution in [-0.2, 0) is 16.0 Å². The van der Waals surface area contributed by atoms with Gasteiger partial charge in [0.05, 0.1) is 5.56 Å². The lowest BCUT2D eigenvalue weighted by molar-refractivity contribution is -0.129. The van der Waals surface area contributed by atoms with E-state index in [1.165, 1.54) is 6.92 Å². The number of carbonyl (C=O) groups excluding carboxylic acids is 2. The fraction of sp³-hybridized carbons (Fsp3) is 0.222. The molecule has 0 aliphatic carbocycles. The minimum Gasteiger partial charge on any atom is -0.449 e. The summed E-state index contributed by atoms with van der Waals surface area (Å²) in [7, 11) is 0. The van der Waals surface area contributed by atoms with Gasteiger partial charge in [-0.3, -0.25) is 4.79 Å². The molecule has 0 heterocycles. The van der Waals surface area contributed by atoms with Crippen LogP contribution in [0.2, 0.25) is 0 Å². The smallest absolute Gasteiger partial charge is 0.339 e. The second kappa shape index (κ2) is 8.19. The van der Waals surface area contributed by atoms with Gasteiger partial charge in [-0.15, -0.1) is 0 Å². The summed E-state index contributed by atoms with van der Waals surface area (Å²) < 4.78 is 31.1. The molecule has 4 nitrogen and oxygen atoms in total. The Bertz CT molecular complexity index is 699. The molecular weight excluding hydrogens is 316 g/mol. The van der Waals surface area contributed by atoms with Crippen molar-refractivity contribution in [3.8, 4) is 0 Å². The standard InChI is InChI=1S/C18H17F2NO3/c1-12(17(22)21-8-7-13-5-3-2-4-6-13)24-18(23)14-9-15(19)11-16(20)10-14/h2-6,9-12H,7-8H2,1H3,(H,21,22)/t12-/m1/s1. The maximum absolute atomic E-state index is 13.1. The number of hydrogen-bond acceptors (Lipinski definition) is 3. The molecule has 1 amide bonds. The lowest BCUT2D eigenvalue weighted by atomic mass is 10.1. The highest BCUT2D eigenvalue weighted by Crippen LogP contribution is 2.10. The van der Waals surface area contributed by atoms with Crippen molar-refractivity contribution in [1.29, 1.82) is 0 Å². The zero-order valence-corrected chi connectivity index (χ0v) is 13.1. The number of esters is 1. The van der Waals surface area contributed by atoms with Gasteiger partial charge in [-0.25, -0.2) is 13.6 Å². The van der Waals surface area contributed by atoms with Gasteiger partial charge >= 0.3 is 5.97 Å². The van der Waals surface area contributed by atoms with Crippen LogP contribution in [0.15, 0.2) is 48.5 Å².